The van der Waals surface area contributed by atoms with Crippen LogP contribution in [-0.2, 0) is 10.2 Å². The summed E-state index contributed by atoms with van der Waals surface area (Å²) in [6.07, 6.45) is 8.14. The molecule has 2 aliphatic rings. The van der Waals surface area contributed by atoms with Gasteiger partial charge in [0, 0.05) is 22.8 Å². The first-order valence-electron chi connectivity index (χ1n) is 10.5. The van der Waals surface area contributed by atoms with Crippen LogP contribution in [0.15, 0.2) is 48.5 Å². The Morgan fingerprint density at radius 3 is 2.21 bits per heavy atom. The number of nitrogens with one attached hydrogen (secondary N) is 2. The lowest BCUT2D eigenvalue weighted by Crippen LogP contribution is -2.38. The maximum atomic E-state index is 12.9. The molecule has 29 heavy (non-hydrogen) atoms. The summed E-state index contributed by atoms with van der Waals surface area (Å²) < 4.78 is 0. The van der Waals surface area contributed by atoms with Crippen LogP contribution in [0.5, 0.6) is 0 Å². The molecule has 2 aromatic rings. The molecule has 0 heterocycles. The SMILES string of the molecule is O=C(Nc1ccc(C2(C(=O)NCC3CCCCC3)CC2)cc1)c1ccc(Cl)cc1. The molecule has 0 atom stereocenters. The van der Waals surface area contributed by atoms with Crippen LogP contribution in [-0.4, -0.2) is 18.4 Å². The Labute approximate surface area is 177 Å². The average Bonchev–Trinajstić information content (AvgIpc) is 3.56. The first kappa shape index (κ1) is 20.0. The Bertz CT molecular complexity index is 867. The highest BCUT2D eigenvalue weighted by Gasteiger charge is 2.51. The van der Waals surface area contributed by atoms with E-state index >= 15 is 0 Å². The van der Waals surface area contributed by atoms with Crippen molar-refractivity contribution < 1.29 is 9.59 Å². The normalized spacial score (nSPS) is 18.1. The lowest BCUT2D eigenvalue weighted by atomic mass is 9.88. The zero-order valence-electron chi connectivity index (χ0n) is 16.5. The minimum absolute atomic E-state index is 0.154. The molecule has 0 aromatic heterocycles. The third kappa shape index (κ3) is 4.64. The van der Waals surface area contributed by atoms with Crippen molar-refractivity contribution in [1.29, 1.82) is 0 Å². The molecule has 2 fully saturated rings. The molecule has 0 bridgehead atoms. The maximum Gasteiger partial charge on any atom is 0.255 e. The minimum Gasteiger partial charge on any atom is -0.355 e. The van der Waals surface area contributed by atoms with Crippen LogP contribution in [0.25, 0.3) is 0 Å². The van der Waals surface area contributed by atoms with E-state index in [9.17, 15) is 9.59 Å². The molecular weight excluding hydrogens is 384 g/mol. The van der Waals surface area contributed by atoms with E-state index in [0.717, 1.165) is 24.9 Å². The molecule has 2 N–H and O–H groups in total. The molecule has 5 heteroatoms. The van der Waals surface area contributed by atoms with Crippen molar-refractivity contribution in [3.63, 3.8) is 0 Å². The summed E-state index contributed by atoms with van der Waals surface area (Å²) in [6, 6.07) is 14.5. The molecule has 2 aliphatic carbocycles. The third-order valence-corrected chi connectivity index (χ3v) is 6.51. The summed E-state index contributed by atoms with van der Waals surface area (Å²) in [5, 5.41) is 6.70. The van der Waals surface area contributed by atoms with Crippen LogP contribution < -0.4 is 10.6 Å². The van der Waals surface area contributed by atoms with Gasteiger partial charge >= 0.3 is 0 Å². The highest BCUT2D eigenvalue weighted by Crippen LogP contribution is 2.48. The van der Waals surface area contributed by atoms with E-state index < -0.39 is 0 Å². The van der Waals surface area contributed by atoms with Crippen molar-refractivity contribution in [2.45, 2.75) is 50.4 Å². The summed E-state index contributed by atoms with van der Waals surface area (Å²) in [7, 11) is 0. The first-order chi connectivity index (χ1) is 14.1. The second-order valence-corrected chi connectivity index (χ2v) is 8.77. The number of benzene rings is 2. The van der Waals surface area contributed by atoms with Gasteiger partial charge in [-0.1, -0.05) is 43.0 Å². The van der Waals surface area contributed by atoms with Crippen LogP contribution in [0.1, 0.15) is 60.9 Å². The van der Waals surface area contributed by atoms with Crippen molar-refractivity contribution in [3.8, 4) is 0 Å². The van der Waals surface area contributed by atoms with Gasteiger partial charge in [0.25, 0.3) is 5.91 Å². The minimum atomic E-state index is -0.382. The summed E-state index contributed by atoms with van der Waals surface area (Å²) in [5.74, 6) is 0.607. The molecule has 2 amide bonds. The molecule has 2 aromatic carbocycles. The van der Waals surface area contributed by atoms with Gasteiger partial charge in [0.2, 0.25) is 5.91 Å². The van der Waals surface area contributed by atoms with Crippen molar-refractivity contribution in [2.75, 3.05) is 11.9 Å². The van der Waals surface area contributed by atoms with Gasteiger partial charge < -0.3 is 10.6 Å². The van der Waals surface area contributed by atoms with Gasteiger partial charge in [0.1, 0.15) is 0 Å². The first-order valence-corrected chi connectivity index (χ1v) is 10.9. The lowest BCUT2D eigenvalue weighted by Gasteiger charge is -2.23. The van der Waals surface area contributed by atoms with Crippen molar-refractivity contribution >= 4 is 29.1 Å². The monoisotopic (exact) mass is 410 g/mol. The van der Waals surface area contributed by atoms with Crippen molar-refractivity contribution in [1.82, 2.24) is 5.32 Å². The number of hydrogen-bond acceptors (Lipinski definition) is 2. The predicted octanol–water partition coefficient (Wildman–Crippen LogP) is 5.32. The molecule has 152 valence electrons. The maximum absolute atomic E-state index is 12.9. The summed E-state index contributed by atoms with van der Waals surface area (Å²) in [5.41, 5.74) is 1.92. The van der Waals surface area contributed by atoms with Gasteiger partial charge in [-0.25, -0.2) is 0 Å². The van der Waals surface area contributed by atoms with Crippen LogP contribution in [0.2, 0.25) is 5.02 Å². The number of rotatable bonds is 6. The zero-order valence-corrected chi connectivity index (χ0v) is 17.3. The van der Waals surface area contributed by atoms with E-state index in [1.54, 1.807) is 24.3 Å². The van der Waals surface area contributed by atoms with Crippen LogP contribution in [0.4, 0.5) is 5.69 Å². The van der Waals surface area contributed by atoms with Gasteiger partial charge in [0.15, 0.2) is 0 Å². The average molecular weight is 411 g/mol. The van der Waals surface area contributed by atoms with Gasteiger partial charge in [0.05, 0.1) is 5.41 Å². The predicted molar refractivity (Wildman–Crippen MR) is 116 cm³/mol. The lowest BCUT2D eigenvalue weighted by molar-refractivity contribution is -0.123. The summed E-state index contributed by atoms with van der Waals surface area (Å²) >= 11 is 5.87. The van der Waals surface area contributed by atoms with Gasteiger partial charge in [-0.05, 0) is 73.6 Å². The molecule has 4 rings (SSSR count). The molecule has 2 saturated carbocycles. The molecule has 0 saturated heterocycles. The summed E-state index contributed by atoms with van der Waals surface area (Å²) in [4.78, 5) is 25.2. The van der Waals surface area contributed by atoms with Gasteiger partial charge in [-0.15, -0.1) is 0 Å². The largest absolute Gasteiger partial charge is 0.355 e. The number of hydrogen-bond donors (Lipinski definition) is 2. The second-order valence-electron chi connectivity index (χ2n) is 8.33. The quantitative estimate of drug-likeness (QED) is 0.677. The van der Waals surface area contributed by atoms with E-state index in [1.807, 2.05) is 24.3 Å². The molecule has 0 radical (unpaired) electrons. The Kier molecular flexibility index (Phi) is 5.91. The Balaban J connectivity index is 1.36. The number of carbonyl (C=O) groups excluding carboxylic acids is 2. The van der Waals surface area contributed by atoms with E-state index in [2.05, 4.69) is 10.6 Å². The standard InChI is InChI=1S/C24H27ClN2O2/c25-20-10-6-18(7-11-20)22(28)27-21-12-8-19(9-13-21)24(14-15-24)23(29)26-16-17-4-2-1-3-5-17/h6-13,17H,1-5,14-16H2,(H,26,29)(H,27,28). The van der Waals surface area contributed by atoms with Crippen molar-refractivity contribution in [3.05, 3.63) is 64.7 Å². The number of halogens is 1. The molecular formula is C24H27ClN2O2. The number of anilines is 1. The fourth-order valence-electron chi connectivity index (χ4n) is 4.25. The fourth-order valence-corrected chi connectivity index (χ4v) is 4.37. The van der Waals surface area contributed by atoms with Gasteiger partial charge in [-0.3, -0.25) is 9.59 Å². The number of amides is 2. The molecule has 0 unspecified atom stereocenters. The molecule has 0 aliphatic heterocycles. The van der Waals surface area contributed by atoms with E-state index in [-0.39, 0.29) is 17.2 Å². The van der Waals surface area contributed by atoms with E-state index in [1.165, 1.54) is 32.1 Å². The van der Waals surface area contributed by atoms with Crippen LogP contribution in [0, 0.1) is 5.92 Å². The molecule has 4 nitrogen and oxygen atoms in total. The Hall–Kier alpha value is -2.33. The highest BCUT2D eigenvalue weighted by atomic mass is 35.5. The zero-order chi connectivity index (χ0) is 20.3. The summed E-state index contributed by atoms with van der Waals surface area (Å²) in [6.45, 7) is 0.801. The van der Waals surface area contributed by atoms with Crippen LogP contribution in [0.3, 0.4) is 0 Å². The van der Waals surface area contributed by atoms with E-state index in [0.29, 0.717) is 22.2 Å². The third-order valence-electron chi connectivity index (χ3n) is 6.26. The van der Waals surface area contributed by atoms with Crippen molar-refractivity contribution in [2.24, 2.45) is 5.92 Å². The van der Waals surface area contributed by atoms with Gasteiger partial charge in [-0.2, -0.15) is 0 Å². The highest BCUT2D eigenvalue weighted by molar-refractivity contribution is 6.30. The topological polar surface area (TPSA) is 58.2 Å². The smallest absolute Gasteiger partial charge is 0.255 e. The Morgan fingerprint density at radius 2 is 1.59 bits per heavy atom. The fraction of sp³-hybridized carbons (Fsp3) is 0.417. The molecule has 0 spiro atoms. The van der Waals surface area contributed by atoms with Crippen LogP contribution >= 0.6 is 11.6 Å². The van der Waals surface area contributed by atoms with E-state index in [4.69, 9.17) is 11.6 Å². The Morgan fingerprint density at radius 1 is 0.931 bits per heavy atom. The second kappa shape index (κ2) is 8.58. The number of carbonyl (C=O) groups is 2.